The molecule has 1 heterocycles. The summed E-state index contributed by atoms with van der Waals surface area (Å²) >= 11 is 1.83. The number of hydrogen-bond acceptors (Lipinski definition) is 3. The Morgan fingerprint density at radius 1 is 1.19 bits per heavy atom. The number of carboxylic acids is 1. The summed E-state index contributed by atoms with van der Waals surface area (Å²) in [6.07, 6.45) is 1.01. The Hall–Kier alpha value is -1.94. The Kier molecular flexibility index (Phi) is 4.15. The van der Waals surface area contributed by atoms with Crippen LogP contribution >= 0.6 is 11.8 Å². The van der Waals surface area contributed by atoms with Crippen LogP contribution < -0.4 is 4.90 Å². The fourth-order valence-corrected chi connectivity index (χ4v) is 3.50. The molecule has 0 unspecified atom stereocenters. The maximum Gasteiger partial charge on any atom is 0.335 e. The Balaban J connectivity index is 1.64. The van der Waals surface area contributed by atoms with Crippen LogP contribution in [0.15, 0.2) is 53.4 Å². The summed E-state index contributed by atoms with van der Waals surface area (Å²) in [4.78, 5) is 14.6. The molecule has 0 amide bonds. The normalized spacial score (nSPS) is 13.2. The van der Waals surface area contributed by atoms with Gasteiger partial charge in [0.15, 0.2) is 0 Å². The molecule has 0 aromatic heterocycles. The monoisotopic (exact) mass is 299 g/mol. The van der Waals surface area contributed by atoms with Crippen LogP contribution in [0.3, 0.4) is 0 Å². The summed E-state index contributed by atoms with van der Waals surface area (Å²) in [5.74, 6) is 0.143. The second-order valence-corrected chi connectivity index (χ2v) is 6.22. The summed E-state index contributed by atoms with van der Waals surface area (Å²) in [7, 11) is 0. The average molecular weight is 299 g/mol. The molecule has 0 aliphatic carbocycles. The van der Waals surface area contributed by atoms with Crippen molar-refractivity contribution in [2.24, 2.45) is 0 Å². The first-order valence-corrected chi connectivity index (χ1v) is 8.01. The van der Waals surface area contributed by atoms with Crippen molar-refractivity contribution in [1.82, 2.24) is 0 Å². The van der Waals surface area contributed by atoms with Gasteiger partial charge in [0.2, 0.25) is 0 Å². The fraction of sp³-hybridized carbons (Fsp3) is 0.235. The van der Waals surface area contributed by atoms with Gasteiger partial charge >= 0.3 is 5.97 Å². The lowest BCUT2D eigenvalue weighted by Crippen LogP contribution is -2.23. The van der Waals surface area contributed by atoms with E-state index in [1.807, 2.05) is 36.0 Å². The zero-order chi connectivity index (χ0) is 14.7. The molecular formula is C17H17NO2S. The lowest BCUT2D eigenvalue weighted by molar-refractivity contribution is 0.0697. The predicted molar refractivity (Wildman–Crippen MR) is 86.5 cm³/mol. The summed E-state index contributed by atoms with van der Waals surface area (Å²) in [5, 5.41) is 9.10. The van der Waals surface area contributed by atoms with Crippen LogP contribution in [0.25, 0.3) is 0 Å². The van der Waals surface area contributed by atoms with Crippen molar-refractivity contribution in [3.05, 3.63) is 59.7 Å². The highest BCUT2D eigenvalue weighted by molar-refractivity contribution is 7.99. The van der Waals surface area contributed by atoms with Crippen molar-refractivity contribution >= 4 is 23.4 Å². The molecule has 2 aromatic carbocycles. The number of benzene rings is 2. The molecule has 3 rings (SSSR count). The van der Waals surface area contributed by atoms with E-state index in [1.54, 1.807) is 12.1 Å². The van der Waals surface area contributed by atoms with E-state index in [2.05, 4.69) is 17.0 Å². The SMILES string of the molecule is O=C(O)c1ccc2c(c1)N(CCSc1ccccc1)CC2. The van der Waals surface area contributed by atoms with Gasteiger partial charge in [-0.05, 0) is 36.2 Å². The van der Waals surface area contributed by atoms with Crippen molar-refractivity contribution < 1.29 is 9.90 Å². The van der Waals surface area contributed by atoms with E-state index in [0.717, 1.165) is 31.0 Å². The van der Waals surface area contributed by atoms with Crippen LogP contribution in [0.2, 0.25) is 0 Å². The molecule has 0 fully saturated rings. The zero-order valence-electron chi connectivity index (χ0n) is 11.7. The Labute approximate surface area is 128 Å². The highest BCUT2D eigenvalue weighted by Gasteiger charge is 2.20. The minimum absolute atomic E-state index is 0.372. The Morgan fingerprint density at radius 3 is 2.76 bits per heavy atom. The average Bonchev–Trinajstić information content (AvgIpc) is 2.91. The van der Waals surface area contributed by atoms with E-state index in [-0.39, 0.29) is 0 Å². The van der Waals surface area contributed by atoms with E-state index < -0.39 is 5.97 Å². The van der Waals surface area contributed by atoms with Crippen molar-refractivity contribution in [3.63, 3.8) is 0 Å². The largest absolute Gasteiger partial charge is 0.478 e. The molecule has 0 saturated carbocycles. The first kappa shape index (κ1) is 14.0. The van der Waals surface area contributed by atoms with Crippen molar-refractivity contribution in [2.45, 2.75) is 11.3 Å². The third-order valence-corrected chi connectivity index (χ3v) is 4.69. The molecular weight excluding hydrogens is 282 g/mol. The number of carbonyl (C=O) groups is 1. The van der Waals surface area contributed by atoms with Gasteiger partial charge in [0.25, 0.3) is 0 Å². The number of anilines is 1. The second kappa shape index (κ2) is 6.22. The van der Waals surface area contributed by atoms with Gasteiger partial charge in [-0.1, -0.05) is 24.3 Å². The van der Waals surface area contributed by atoms with Crippen molar-refractivity contribution in [2.75, 3.05) is 23.7 Å². The Morgan fingerprint density at radius 2 is 2.00 bits per heavy atom. The van der Waals surface area contributed by atoms with E-state index in [4.69, 9.17) is 5.11 Å². The highest BCUT2D eigenvalue weighted by atomic mass is 32.2. The number of nitrogens with zero attached hydrogens (tertiary/aromatic N) is 1. The second-order valence-electron chi connectivity index (χ2n) is 5.05. The maximum atomic E-state index is 11.1. The van der Waals surface area contributed by atoms with E-state index in [9.17, 15) is 4.79 Å². The summed E-state index contributed by atoms with van der Waals surface area (Å²) in [6, 6.07) is 15.8. The Bertz CT molecular complexity index is 642. The van der Waals surface area contributed by atoms with Crippen LogP contribution in [0.1, 0.15) is 15.9 Å². The molecule has 0 atom stereocenters. The first-order chi connectivity index (χ1) is 10.2. The van der Waals surface area contributed by atoms with Gasteiger partial charge in [-0.15, -0.1) is 11.8 Å². The lowest BCUT2D eigenvalue weighted by atomic mass is 10.1. The van der Waals surface area contributed by atoms with Gasteiger partial charge in [-0.2, -0.15) is 0 Å². The van der Waals surface area contributed by atoms with Crippen LogP contribution in [0, 0.1) is 0 Å². The number of fused-ring (bicyclic) bond motifs is 1. The van der Waals surface area contributed by atoms with Gasteiger partial charge in [-0.3, -0.25) is 0 Å². The first-order valence-electron chi connectivity index (χ1n) is 7.03. The fourth-order valence-electron chi connectivity index (χ4n) is 2.60. The molecule has 21 heavy (non-hydrogen) atoms. The maximum absolute atomic E-state index is 11.1. The molecule has 4 heteroatoms. The minimum Gasteiger partial charge on any atom is -0.478 e. The van der Waals surface area contributed by atoms with Crippen molar-refractivity contribution in [1.29, 1.82) is 0 Å². The molecule has 0 radical (unpaired) electrons. The van der Waals surface area contributed by atoms with Gasteiger partial charge < -0.3 is 10.0 Å². The summed E-state index contributed by atoms with van der Waals surface area (Å²) < 4.78 is 0. The number of hydrogen-bond donors (Lipinski definition) is 1. The van der Waals surface area contributed by atoms with Gasteiger partial charge in [0.05, 0.1) is 5.56 Å². The zero-order valence-corrected chi connectivity index (χ0v) is 12.5. The van der Waals surface area contributed by atoms with Crippen LogP contribution in [-0.4, -0.2) is 29.9 Å². The number of aromatic carboxylic acids is 1. The van der Waals surface area contributed by atoms with Gasteiger partial charge in [-0.25, -0.2) is 4.79 Å². The third kappa shape index (κ3) is 3.22. The van der Waals surface area contributed by atoms with Crippen LogP contribution in [0.5, 0.6) is 0 Å². The molecule has 108 valence electrons. The number of carboxylic acid groups (broad SMARTS) is 1. The molecule has 0 bridgehead atoms. The predicted octanol–water partition coefficient (Wildman–Crippen LogP) is 3.54. The van der Waals surface area contributed by atoms with Gasteiger partial charge in [0, 0.05) is 29.4 Å². The summed E-state index contributed by atoms with van der Waals surface area (Å²) in [5.41, 5.74) is 2.71. The molecule has 1 aliphatic heterocycles. The smallest absolute Gasteiger partial charge is 0.335 e. The molecule has 2 aromatic rings. The topological polar surface area (TPSA) is 40.5 Å². The minimum atomic E-state index is -0.858. The highest BCUT2D eigenvalue weighted by Crippen LogP contribution is 2.29. The molecule has 0 spiro atoms. The molecule has 1 N–H and O–H groups in total. The van der Waals surface area contributed by atoms with E-state index in [0.29, 0.717) is 5.56 Å². The van der Waals surface area contributed by atoms with Crippen molar-refractivity contribution in [3.8, 4) is 0 Å². The van der Waals surface area contributed by atoms with Gasteiger partial charge in [0.1, 0.15) is 0 Å². The van der Waals surface area contributed by atoms with Crippen LogP contribution in [-0.2, 0) is 6.42 Å². The molecule has 0 saturated heterocycles. The standard InChI is InChI=1S/C17H17NO2S/c19-17(20)14-7-6-13-8-9-18(16(13)12-14)10-11-21-15-4-2-1-3-5-15/h1-7,12H,8-11H2,(H,19,20). The number of rotatable bonds is 5. The summed E-state index contributed by atoms with van der Waals surface area (Å²) in [6.45, 7) is 1.92. The quantitative estimate of drug-likeness (QED) is 0.857. The number of thioether (sulfide) groups is 1. The molecule has 3 nitrogen and oxygen atoms in total. The van der Waals surface area contributed by atoms with Crippen LogP contribution in [0.4, 0.5) is 5.69 Å². The van der Waals surface area contributed by atoms with E-state index >= 15 is 0 Å². The molecule has 1 aliphatic rings. The van der Waals surface area contributed by atoms with E-state index in [1.165, 1.54) is 10.5 Å². The lowest BCUT2D eigenvalue weighted by Gasteiger charge is -2.19. The third-order valence-electron chi connectivity index (χ3n) is 3.70.